The standard InChI is InChI=1S/C19H24N2O.2C17H20N2O2.C16H17FN2O/c1-13(2)16-7-5-6-8-17(16)18-10-9-15(12-21-18)11-19(20-4)14(3)22;1-12(20)17(18-2)9-13-7-8-16(19-11-13)14-5-4-6-15(10-14)21-3;1-12(20)16(18-2)10-13-8-9-15(19-11-13)14-6-4-5-7-17(14)21-3;1-11(20)16(18-2)9-12-7-8-15(19-10-12)13-5-3-4-6-14(13)17/h5-10,12-13,19-20H,11H2,1-4H3;4-8,10-11,17-18H,9H2,1-3H3;4-9,11,16,18H,10H2,1-3H3;3-8,10,16,18H,9H2,1-2H3/t19-;17-;2*16-/m0000/s1. The molecule has 4 aromatic carbocycles. The van der Waals surface area contributed by atoms with Gasteiger partial charge in [0.05, 0.1) is 61.2 Å². The van der Waals surface area contributed by atoms with Crippen LogP contribution in [0.15, 0.2) is 170 Å². The maximum absolute atomic E-state index is 13.7. The molecule has 0 amide bonds. The van der Waals surface area contributed by atoms with Crippen LogP contribution in [0, 0.1) is 5.82 Å². The number of Topliss-reactive ketones (excluding diaryl/α,β-unsaturated/α-hetero) is 4. The molecule has 440 valence electrons. The molecule has 0 saturated heterocycles. The van der Waals surface area contributed by atoms with Crippen LogP contribution >= 0.6 is 0 Å². The van der Waals surface area contributed by atoms with Gasteiger partial charge in [-0.15, -0.1) is 0 Å². The van der Waals surface area contributed by atoms with Crippen molar-refractivity contribution >= 4 is 23.1 Å². The van der Waals surface area contributed by atoms with E-state index in [9.17, 15) is 23.6 Å². The van der Waals surface area contributed by atoms with E-state index in [2.05, 4.69) is 79.3 Å². The highest BCUT2D eigenvalue weighted by molar-refractivity contribution is 5.83. The Kier molecular flexibility index (Phi) is 27.0. The zero-order chi connectivity index (χ0) is 61.1. The maximum atomic E-state index is 13.7. The fourth-order valence-corrected chi connectivity index (χ4v) is 9.11. The van der Waals surface area contributed by atoms with Gasteiger partial charge in [-0.05, 0) is 176 Å². The van der Waals surface area contributed by atoms with E-state index in [4.69, 9.17) is 9.47 Å². The second-order valence-electron chi connectivity index (χ2n) is 20.5. The smallest absolute Gasteiger partial charge is 0.147 e. The minimum Gasteiger partial charge on any atom is -0.497 e. The third-order valence-electron chi connectivity index (χ3n) is 14.2. The molecule has 4 heterocycles. The first kappa shape index (κ1) is 66.3. The quantitative estimate of drug-likeness (QED) is 0.0474. The summed E-state index contributed by atoms with van der Waals surface area (Å²) in [4.78, 5) is 63.6. The van der Waals surface area contributed by atoms with Crippen molar-refractivity contribution in [1.29, 1.82) is 0 Å². The second-order valence-corrected chi connectivity index (χ2v) is 20.5. The van der Waals surface area contributed by atoms with Crippen LogP contribution in [0.1, 0.15) is 75.3 Å². The van der Waals surface area contributed by atoms with Gasteiger partial charge in [-0.1, -0.05) is 98.8 Å². The van der Waals surface area contributed by atoms with Crippen LogP contribution in [0.3, 0.4) is 0 Å². The number of carbonyl (C=O) groups excluding carboxylic acids is 4. The van der Waals surface area contributed by atoms with Crippen molar-refractivity contribution in [2.75, 3.05) is 42.4 Å². The number of pyridine rings is 4. The summed E-state index contributed by atoms with van der Waals surface area (Å²) in [5.74, 6) is 2.29. The predicted molar refractivity (Wildman–Crippen MR) is 335 cm³/mol. The molecule has 0 radical (unpaired) electrons. The molecule has 15 heteroatoms. The molecule has 0 aliphatic heterocycles. The lowest BCUT2D eigenvalue weighted by atomic mass is 9.95. The molecule has 0 bridgehead atoms. The highest BCUT2D eigenvalue weighted by atomic mass is 19.1. The Morgan fingerprint density at radius 3 is 1.17 bits per heavy atom. The van der Waals surface area contributed by atoms with Gasteiger partial charge in [-0.3, -0.25) is 39.1 Å². The SMILES string of the molecule is CN[C@@H](Cc1ccc(-c2cccc(OC)c2)nc1)C(C)=O.CN[C@@H](Cc1ccc(-c2ccccc2C(C)C)nc1)C(C)=O.CN[C@@H](Cc1ccc(-c2ccccc2F)nc1)C(C)=O.CN[C@@H](Cc1ccc(-c2ccccc2OC)nc1)C(C)=O. The normalized spacial score (nSPS) is 12.1. The fourth-order valence-electron chi connectivity index (χ4n) is 9.11. The molecule has 8 rings (SSSR count). The van der Waals surface area contributed by atoms with Crippen molar-refractivity contribution in [2.24, 2.45) is 0 Å². The molecule has 0 aliphatic rings. The van der Waals surface area contributed by atoms with Crippen LogP contribution in [0.25, 0.3) is 45.0 Å². The van der Waals surface area contributed by atoms with Gasteiger partial charge < -0.3 is 30.7 Å². The molecule has 4 atom stereocenters. The Labute approximate surface area is 495 Å². The summed E-state index contributed by atoms with van der Waals surface area (Å²) < 4.78 is 24.2. The Morgan fingerprint density at radius 2 is 0.798 bits per heavy atom. The summed E-state index contributed by atoms with van der Waals surface area (Å²) in [5, 5.41) is 12.0. The third-order valence-corrected chi connectivity index (χ3v) is 14.2. The summed E-state index contributed by atoms with van der Waals surface area (Å²) in [7, 11) is 10.5. The molecule has 0 unspecified atom stereocenters. The molecule has 0 saturated carbocycles. The van der Waals surface area contributed by atoms with Crippen molar-refractivity contribution < 1.29 is 33.0 Å². The lowest BCUT2D eigenvalue weighted by Gasteiger charge is -2.14. The van der Waals surface area contributed by atoms with Crippen LogP contribution in [-0.2, 0) is 44.9 Å². The van der Waals surface area contributed by atoms with Crippen LogP contribution < -0.4 is 30.7 Å². The van der Waals surface area contributed by atoms with E-state index in [1.54, 1.807) is 93.5 Å². The molecular weight excluding hydrogens is 1060 g/mol. The van der Waals surface area contributed by atoms with Gasteiger partial charge in [0.15, 0.2) is 0 Å². The number of nitrogens with one attached hydrogen (secondary N) is 4. The molecule has 0 aliphatic carbocycles. The Bertz CT molecular complexity index is 3340. The number of rotatable bonds is 23. The average Bonchev–Trinajstić information content (AvgIpc) is 3.61. The Balaban J connectivity index is 0.000000205. The minimum absolute atomic E-state index is 0.0886. The van der Waals surface area contributed by atoms with Crippen LogP contribution in [0.5, 0.6) is 11.5 Å². The van der Waals surface area contributed by atoms with E-state index < -0.39 is 0 Å². The number of halogens is 1. The van der Waals surface area contributed by atoms with Gasteiger partial charge in [0.1, 0.15) is 40.4 Å². The maximum Gasteiger partial charge on any atom is 0.147 e. The zero-order valence-corrected chi connectivity index (χ0v) is 50.5. The number of likely N-dealkylation sites (N-methyl/N-ethyl adjacent to an activating group) is 4. The van der Waals surface area contributed by atoms with Gasteiger partial charge in [-0.2, -0.15) is 0 Å². The van der Waals surface area contributed by atoms with E-state index in [1.807, 2.05) is 117 Å². The summed E-state index contributed by atoms with van der Waals surface area (Å²) in [5.41, 5.74) is 12.4. The van der Waals surface area contributed by atoms with Crippen LogP contribution in [0.2, 0.25) is 0 Å². The van der Waals surface area contributed by atoms with Gasteiger partial charge in [-0.25, -0.2) is 4.39 Å². The number of carbonyl (C=O) groups is 4. The molecule has 4 N–H and O–H groups in total. The van der Waals surface area contributed by atoms with Crippen molar-refractivity contribution in [3.8, 4) is 56.5 Å². The monoisotopic (exact) mass is 1140 g/mol. The number of hydrogen-bond donors (Lipinski definition) is 4. The summed E-state index contributed by atoms with van der Waals surface area (Å²) >= 11 is 0. The molecular formula is C69H81FN8O6. The molecule has 8 aromatic rings. The van der Waals surface area contributed by atoms with E-state index in [0.29, 0.717) is 42.9 Å². The lowest BCUT2D eigenvalue weighted by Crippen LogP contribution is -2.34. The third kappa shape index (κ3) is 20.2. The molecule has 84 heavy (non-hydrogen) atoms. The average molecular weight is 1140 g/mol. The summed E-state index contributed by atoms with van der Waals surface area (Å²) in [6.45, 7) is 10.7. The highest BCUT2D eigenvalue weighted by Gasteiger charge is 2.17. The van der Waals surface area contributed by atoms with E-state index in [-0.39, 0.29) is 53.1 Å². The first-order valence-corrected chi connectivity index (χ1v) is 28.1. The summed E-state index contributed by atoms with van der Waals surface area (Å²) in [6.07, 6.45) is 9.75. The first-order valence-electron chi connectivity index (χ1n) is 28.1. The van der Waals surface area contributed by atoms with Crippen molar-refractivity contribution in [3.05, 3.63) is 204 Å². The van der Waals surface area contributed by atoms with Crippen LogP contribution in [-0.4, -0.2) is 110 Å². The highest BCUT2D eigenvalue weighted by Crippen LogP contribution is 2.30. The number of aromatic nitrogens is 4. The van der Waals surface area contributed by atoms with Gasteiger partial charge in [0.25, 0.3) is 0 Å². The number of hydrogen-bond acceptors (Lipinski definition) is 14. The molecule has 14 nitrogen and oxygen atoms in total. The topological polar surface area (TPSA) is 186 Å². The summed E-state index contributed by atoms with van der Waals surface area (Å²) in [6, 6.07) is 45.5. The van der Waals surface area contributed by atoms with Gasteiger partial charge >= 0.3 is 0 Å². The van der Waals surface area contributed by atoms with Crippen molar-refractivity contribution in [1.82, 2.24) is 41.2 Å². The first-order chi connectivity index (χ1) is 40.4. The lowest BCUT2D eigenvalue weighted by molar-refractivity contribution is -0.119. The number of para-hydroxylation sites is 1. The van der Waals surface area contributed by atoms with Crippen molar-refractivity contribution in [2.45, 2.75) is 97.3 Å². The number of ketones is 4. The van der Waals surface area contributed by atoms with E-state index >= 15 is 0 Å². The largest absolute Gasteiger partial charge is 0.497 e. The Hall–Kier alpha value is -8.47. The van der Waals surface area contributed by atoms with E-state index in [1.165, 1.54) is 17.2 Å². The number of ether oxygens (including phenoxy) is 2. The molecule has 0 spiro atoms. The zero-order valence-electron chi connectivity index (χ0n) is 50.5. The number of methoxy groups -OCH3 is 2. The van der Waals surface area contributed by atoms with Crippen molar-refractivity contribution in [3.63, 3.8) is 0 Å². The van der Waals surface area contributed by atoms with E-state index in [0.717, 1.165) is 62.0 Å². The van der Waals surface area contributed by atoms with Crippen LogP contribution in [0.4, 0.5) is 4.39 Å². The second kappa shape index (κ2) is 34.2. The fraction of sp³-hybridized carbons (Fsp3) is 0.304. The Morgan fingerprint density at radius 1 is 0.429 bits per heavy atom. The predicted octanol–water partition coefficient (Wildman–Crippen LogP) is 11.2. The molecule has 4 aromatic heterocycles. The number of benzene rings is 4. The number of nitrogens with zero attached hydrogens (tertiary/aromatic N) is 4. The van der Waals surface area contributed by atoms with Gasteiger partial charge in [0, 0.05) is 47.0 Å². The molecule has 0 fully saturated rings. The van der Waals surface area contributed by atoms with Gasteiger partial charge in [0.2, 0.25) is 0 Å². The minimum atomic E-state index is -0.287.